The molecule has 0 spiro atoms. The predicted molar refractivity (Wildman–Crippen MR) is 106 cm³/mol. The van der Waals surface area contributed by atoms with Crippen molar-refractivity contribution < 1.29 is 13.9 Å². The highest BCUT2D eigenvalue weighted by atomic mass is 35.5. The van der Waals surface area contributed by atoms with Gasteiger partial charge in [0.25, 0.3) is 5.91 Å². The monoisotopic (exact) mass is 396 g/mol. The first-order valence-corrected chi connectivity index (χ1v) is 9.33. The molecule has 2 aromatic carbocycles. The minimum Gasteiger partial charge on any atom is -0.358 e. The maximum Gasteiger partial charge on any atom is 0.264 e. The van der Waals surface area contributed by atoms with Gasteiger partial charge in [-0.05, 0) is 47.5 Å². The Morgan fingerprint density at radius 1 is 1.11 bits per heavy atom. The van der Waals surface area contributed by atoms with E-state index >= 15 is 0 Å². The van der Waals surface area contributed by atoms with Crippen LogP contribution in [0.1, 0.15) is 11.1 Å². The van der Waals surface area contributed by atoms with Crippen molar-refractivity contribution in [1.82, 2.24) is 4.98 Å². The molecular formula is C22H18ClFN2O2. The predicted octanol–water partition coefficient (Wildman–Crippen LogP) is 4.38. The van der Waals surface area contributed by atoms with Gasteiger partial charge in [0.05, 0.1) is 18.5 Å². The Balaban J connectivity index is 1.78. The summed E-state index contributed by atoms with van der Waals surface area (Å²) in [5.41, 5.74) is 1.00. The van der Waals surface area contributed by atoms with E-state index in [1.54, 1.807) is 59.8 Å². The van der Waals surface area contributed by atoms with Gasteiger partial charge in [-0.15, -0.1) is 0 Å². The Morgan fingerprint density at radius 3 is 2.54 bits per heavy atom. The average Bonchev–Trinajstić information content (AvgIpc) is 2.72. The second-order valence-electron chi connectivity index (χ2n) is 6.65. The Bertz CT molecular complexity index is 964. The molecule has 1 atom stereocenters. The van der Waals surface area contributed by atoms with Crippen LogP contribution in [-0.2, 0) is 21.6 Å². The van der Waals surface area contributed by atoms with Crippen molar-refractivity contribution in [1.29, 1.82) is 0 Å². The third kappa shape index (κ3) is 3.51. The Labute approximate surface area is 167 Å². The van der Waals surface area contributed by atoms with E-state index in [0.717, 1.165) is 5.56 Å². The van der Waals surface area contributed by atoms with Crippen LogP contribution < -0.4 is 4.90 Å². The molecule has 4 rings (SSSR count). The summed E-state index contributed by atoms with van der Waals surface area (Å²) in [7, 11) is 0. The van der Waals surface area contributed by atoms with Crippen molar-refractivity contribution in [3.63, 3.8) is 0 Å². The van der Waals surface area contributed by atoms with Crippen molar-refractivity contribution in [2.24, 2.45) is 0 Å². The Kier molecular flexibility index (Phi) is 5.11. The molecule has 142 valence electrons. The fraction of sp³-hybridized carbons (Fsp3) is 0.182. The smallest absolute Gasteiger partial charge is 0.264 e. The number of aromatic nitrogens is 1. The highest BCUT2D eigenvalue weighted by molar-refractivity contribution is 6.30. The molecule has 3 aromatic rings. The molecule has 1 amide bonds. The number of rotatable bonds is 4. The molecule has 28 heavy (non-hydrogen) atoms. The third-order valence-electron chi connectivity index (χ3n) is 4.89. The zero-order valence-electron chi connectivity index (χ0n) is 15.0. The van der Waals surface area contributed by atoms with Crippen LogP contribution in [0.4, 0.5) is 10.1 Å². The molecule has 0 radical (unpaired) electrons. The summed E-state index contributed by atoms with van der Waals surface area (Å²) < 4.78 is 19.5. The van der Waals surface area contributed by atoms with Crippen LogP contribution in [0, 0.1) is 5.82 Å². The fourth-order valence-electron chi connectivity index (χ4n) is 3.50. The van der Waals surface area contributed by atoms with E-state index in [-0.39, 0.29) is 18.1 Å². The van der Waals surface area contributed by atoms with Crippen LogP contribution in [0.3, 0.4) is 0 Å². The van der Waals surface area contributed by atoms with E-state index < -0.39 is 5.60 Å². The van der Waals surface area contributed by atoms with Crippen LogP contribution in [0.2, 0.25) is 5.02 Å². The molecule has 0 saturated carbocycles. The summed E-state index contributed by atoms with van der Waals surface area (Å²) in [6, 6.07) is 16.8. The van der Waals surface area contributed by atoms with Crippen molar-refractivity contribution in [2.45, 2.75) is 12.0 Å². The van der Waals surface area contributed by atoms with Gasteiger partial charge in [-0.2, -0.15) is 0 Å². The average molecular weight is 397 g/mol. The van der Waals surface area contributed by atoms with Gasteiger partial charge in [-0.25, -0.2) is 4.39 Å². The number of hydrogen-bond acceptors (Lipinski definition) is 3. The molecule has 1 saturated heterocycles. The Hall–Kier alpha value is -2.76. The van der Waals surface area contributed by atoms with Crippen LogP contribution in [0.5, 0.6) is 0 Å². The van der Waals surface area contributed by atoms with Crippen LogP contribution in [0.25, 0.3) is 0 Å². The number of morpholine rings is 1. The maximum atomic E-state index is 13.7. The minimum absolute atomic E-state index is 0.182. The molecule has 0 aliphatic carbocycles. The molecule has 1 unspecified atom stereocenters. The standard InChI is InChI=1S/C22H18ClFN2O2/c23-18-7-5-17(6-8-18)22(14-16-3-9-19(24)10-4-16)21(27)26(12-13-28-22)20-2-1-11-25-15-20/h1-11,15H,12-14H2. The van der Waals surface area contributed by atoms with E-state index in [2.05, 4.69) is 4.98 Å². The number of carbonyl (C=O) groups excluding carboxylic acids is 1. The summed E-state index contributed by atoms with van der Waals surface area (Å²) in [5, 5.41) is 0.577. The van der Waals surface area contributed by atoms with Crippen molar-refractivity contribution in [3.05, 3.63) is 95.0 Å². The number of halogens is 2. The SMILES string of the molecule is O=C1N(c2cccnc2)CCOC1(Cc1ccc(F)cc1)c1ccc(Cl)cc1. The molecule has 6 heteroatoms. The number of anilines is 1. The van der Waals surface area contributed by atoms with Crippen LogP contribution in [-0.4, -0.2) is 24.0 Å². The van der Waals surface area contributed by atoms with E-state index in [1.165, 1.54) is 12.1 Å². The number of benzene rings is 2. The first-order valence-electron chi connectivity index (χ1n) is 8.95. The first kappa shape index (κ1) is 18.6. The van der Waals surface area contributed by atoms with E-state index in [0.29, 0.717) is 29.4 Å². The zero-order valence-corrected chi connectivity index (χ0v) is 15.8. The second kappa shape index (κ2) is 7.70. The van der Waals surface area contributed by atoms with Gasteiger partial charge >= 0.3 is 0 Å². The summed E-state index contributed by atoms with van der Waals surface area (Å²) in [6.45, 7) is 0.799. The van der Waals surface area contributed by atoms with E-state index in [4.69, 9.17) is 16.3 Å². The molecule has 1 aromatic heterocycles. The molecule has 1 aliphatic heterocycles. The number of nitrogens with zero attached hydrogens (tertiary/aromatic N) is 2. The van der Waals surface area contributed by atoms with Crippen LogP contribution >= 0.6 is 11.6 Å². The van der Waals surface area contributed by atoms with E-state index in [9.17, 15) is 9.18 Å². The number of ether oxygens (including phenoxy) is 1. The van der Waals surface area contributed by atoms with Crippen molar-refractivity contribution in [2.75, 3.05) is 18.1 Å². The first-order chi connectivity index (χ1) is 13.6. The molecular weight excluding hydrogens is 379 g/mol. The highest BCUT2D eigenvalue weighted by Gasteiger charge is 2.47. The minimum atomic E-state index is -1.23. The molecule has 0 bridgehead atoms. The van der Waals surface area contributed by atoms with Crippen molar-refractivity contribution >= 4 is 23.2 Å². The Morgan fingerprint density at radius 2 is 1.86 bits per heavy atom. The van der Waals surface area contributed by atoms with Gasteiger partial charge in [-0.3, -0.25) is 9.78 Å². The van der Waals surface area contributed by atoms with Crippen LogP contribution in [0.15, 0.2) is 73.1 Å². The highest BCUT2D eigenvalue weighted by Crippen LogP contribution is 2.37. The summed E-state index contributed by atoms with van der Waals surface area (Å²) >= 11 is 6.05. The second-order valence-corrected chi connectivity index (χ2v) is 7.09. The number of amides is 1. The van der Waals surface area contributed by atoms with E-state index in [1.807, 2.05) is 6.07 Å². The molecule has 4 nitrogen and oxygen atoms in total. The third-order valence-corrected chi connectivity index (χ3v) is 5.14. The van der Waals surface area contributed by atoms with Gasteiger partial charge < -0.3 is 9.64 Å². The zero-order chi connectivity index (χ0) is 19.6. The van der Waals surface area contributed by atoms with Gasteiger partial charge in [0.15, 0.2) is 5.60 Å². The van der Waals surface area contributed by atoms with Gasteiger partial charge in [-0.1, -0.05) is 35.9 Å². The summed E-state index contributed by atoms with van der Waals surface area (Å²) in [4.78, 5) is 19.5. The lowest BCUT2D eigenvalue weighted by molar-refractivity contribution is -0.152. The van der Waals surface area contributed by atoms with Crippen molar-refractivity contribution in [3.8, 4) is 0 Å². The largest absolute Gasteiger partial charge is 0.358 e. The number of pyridine rings is 1. The topological polar surface area (TPSA) is 42.4 Å². The normalized spacial score (nSPS) is 19.6. The lowest BCUT2D eigenvalue weighted by Crippen LogP contribution is -2.56. The quantitative estimate of drug-likeness (QED) is 0.657. The lowest BCUT2D eigenvalue weighted by atomic mass is 9.84. The maximum absolute atomic E-state index is 13.7. The molecule has 1 aliphatic rings. The van der Waals surface area contributed by atoms with Gasteiger partial charge in [0.1, 0.15) is 5.82 Å². The molecule has 2 heterocycles. The number of hydrogen-bond donors (Lipinski definition) is 0. The molecule has 0 N–H and O–H groups in total. The van der Waals surface area contributed by atoms with Gasteiger partial charge in [0.2, 0.25) is 0 Å². The molecule has 1 fully saturated rings. The lowest BCUT2D eigenvalue weighted by Gasteiger charge is -2.42. The summed E-state index contributed by atoms with van der Waals surface area (Å²) in [5.74, 6) is -0.504. The number of carbonyl (C=O) groups is 1. The fourth-order valence-corrected chi connectivity index (χ4v) is 3.62. The summed E-state index contributed by atoms with van der Waals surface area (Å²) in [6.07, 6.45) is 3.61. The van der Waals surface area contributed by atoms with Gasteiger partial charge in [0, 0.05) is 24.2 Å².